The van der Waals surface area contributed by atoms with Gasteiger partial charge in [-0.2, -0.15) is 0 Å². The number of ether oxygens (including phenoxy) is 2. The zero-order valence-electron chi connectivity index (χ0n) is 18.1. The third-order valence-electron chi connectivity index (χ3n) is 4.50. The van der Waals surface area contributed by atoms with Gasteiger partial charge in [-0.05, 0) is 43.3 Å². The van der Waals surface area contributed by atoms with Crippen molar-refractivity contribution >= 4 is 17.5 Å². The van der Waals surface area contributed by atoms with Gasteiger partial charge in [-0.15, -0.1) is 0 Å². The highest BCUT2D eigenvalue weighted by Crippen LogP contribution is 2.28. The first kappa shape index (κ1) is 25.0. The van der Waals surface area contributed by atoms with Gasteiger partial charge in [-0.3, -0.25) is 14.5 Å². The predicted octanol–water partition coefficient (Wildman–Crippen LogP) is 3.09. The summed E-state index contributed by atoms with van der Waals surface area (Å²) >= 11 is 0. The first-order valence-corrected chi connectivity index (χ1v) is 10.0. The van der Waals surface area contributed by atoms with Crippen LogP contribution in [0.25, 0.3) is 0 Å². The number of likely N-dealkylation sites (N-methyl/N-ethyl adjacent to an activating group) is 1. The lowest BCUT2D eigenvalue weighted by atomic mass is 10.2. The summed E-state index contributed by atoms with van der Waals surface area (Å²) in [4.78, 5) is 26.0. The summed E-state index contributed by atoms with van der Waals surface area (Å²) in [6.07, 6.45) is 0. The summed E-state index contributed by atoms with van der Waals surface area (Å²) in [6, 6.07) is 7.10. The van der Waals surface area contributed by atoms with Crippen LogP contribution in [-0.4, -0.2) is 50.1 Å². The summed E-state index contributed by atoms with van der Waals surface area (Å²) < 4.78 is 50.6. The number of benzene rings is 2. The lowest BCUT2D eigenvalue weighted by molar-refractivity contribution is -0.125. The highest BCUT2D eigenvalue weighted by atomic mass is 19.2. The maximum Gasteiger partial charge on any atom is 0.243 e. The second-order valence-corrected chi connectivity index (χ2v) is 6.77. The minimum absolute atomic E-state index is 0.0127. The van der Waals surface area contributed by atoms with E-state index in [1.54, 1.807) is 13.2 Å². The molecule has 0 heterocycles. The van der Waals surface area contributed by atoms with Gasteiger partial charge in [0.1, 0.15) is 0 Å². The van der Waals surface area contributed by atoms with E-state index in [9.17, 15) is 22.8 Å². The van der Waals surface area contributed by atoms with Gasteiger partial charge >= 0.3 is 0 Å². The number of nitrogens with zero attached hydrogens (tertiary/aromatic N) is 1. The van der Waals surface area contributed by atoms with Gasteiger partial charge in [0, 0.05) is 6.54 Å². The number of nitrogens with one attached hydrogen (secondary N) is 2. The van der Waals surface area contributed by atoms with Crippen LogP contribution < -0.4 is 20.1 Å². The molecule has 0 aliphatic carbocycles. The van der Waals surface area contributed by atoms with Crippen LogP contribution in [0.1, 0.15) is 19.4 Å². The van der Waals surface area contributed by atoms with E-state index in [0.717, 1.165) is 11.6 Å². The Labute approximate surface area is 184 Å². The molecular formula is C22H26F3N3O4. The van der Waals surface area contributed by atoms with Crippen molar-refractivity contribution in [1.82, 2.24) is 10.2 Å². The summed E-state index contributed by atoms with van der Waals surface area (Å²) in [5, 5.41) is 4.51. The molecular weight excluding hydrogens is 427 g/mol. The molecule has 2 aromatic rings. The number of methoxy groups -OCH3 is 1. The minimum atomic E-state index is -1.68. The molecule has 7 nitrogen and oxygen atoms in total. The quantitative estimate of drug-likeness (QED) is 0.511. The summed E-state index contributed by atoms with van der Waals surface area (Å²) in [5.41, 5.74) is 0.397. The van der Waals surface area contributed by atoms with Crippen LogP contribution in [0.5, 0.6) is 11.5 Å². The number of carbonyl (C=O) groups is 2. The third-order valence-corrected chi connectivity index (χ3v) is 4.50. The van der Waals surface area contributed by atoms with E-state index in [-0.39, 0.29) is 6.54 Å². The highest BCUT2D eigenvalue weighted by molar-refractivity contribution is 5.94. The Kier molecular flexibility index (Phi) is 9.33. The van der Waals surface area contributed by atoms with Crippen molar-refractivity contribution < 1.29 is 32.2 Å². The Morgan fingerprint density at radius 2 is 1.75 bits per heavy atom. The molecule has 0 fully saturated rings. The van der Waals surface area contributed by atoms with Crippen LogP contribution in [0, 0.1) is 17.5 Å². The Morgan fingerprint density at radius 1 is 1.00 bits per heavy atom. The molecule has 174 valence electrons. The van der Waals surface area contributed by atoms with Crippen molar-refractivity contribution in [2.24, 2.45) is 0 Å². The van der Waals surface area contributed by atoms with Crippen molar-refractivity contribution in [3.8, 4) is 11.5 Å². The molecule has 2 aromatic carbocycles. The molecule has 0 atom stereocenters. The average Bonchev–Trinajstić information content (AvgIpc) is 2.78. The normalized spacial score (nSPS) is 10.7. The first-order valence-electron chi connectivity index (χ1n) is 10.0. The van der Waals surface area contributed by atoms with E-state index in [2.05, 4.69) is 10.6 Å². The Balaban J connectivity index is 1.88. The second-order valence-electron chi connectivity index (χ2n) is 6.77. The molecule has 0 saturated heterocycles. The summed E-state index contributed by atoms with van der Waals surface area (Å²) in [6.45, 7) is 4.85. The fourth-order valence-corrected chi connectivity index (χ4v) is 2.88. The van der Waals surface area contributed by atoms with Crippen LogP contribution in [0.2, 0.25) is 0 Å². The molecule has 0 aliphatic heterocycles. The van der Waals surface area contributed by atoms with Gasteiger partial charge in [0.25, 0.3) is 0 Å². The van der Waals surface area contributed by atoms with Gasteiger partial charge in [-0.1, -0.05) is 13.0 Å². The minimum Gasteiger partial charge on any atom is -0.493 e. The van der Waals surface area contributed by atoms with Crippen LogP contribution in [-0.2, 0) is 16.1 Å². The summed E-state index contributed by atoms with van der Waals surface area (Å²) in [5.74, 6) is -4.54. The van der Waals surface area contributed by atoms with E-state index in [0.29, 0.717) is 37.3 Å². The molecule has 0 aromatic heterocycles. The molecule has 0 aliphatic rings. The van der Waals surface area contributed by atoms with Crippen LogP contribution >= 0.6 is 0 Å². The number of anilines is 1. The van der Waals surface area contributed by atoms with Crippen molar-refractivity contribution in [1.29, 1.82) is 0 Å². The smallest absolute Gasteiger partial charge is 0.243 e. The molecule has 0 unspecified atom stereocenters. The second kappa shape index (κ2) is 11.9. The molecule has 2 N–H and O–H groups in total. The van der Waals surface area contributed by atoms with Crippen molar-refractivity contribution in [2.75, 3.05) is 38.7 Å². The first-order chi connectivity index (χ1) is 15.3. The topological polar surface area (TPSA) is 79.9 Å². The van der Waals surface area contributed by atoms with Crippen LogP contribution in [0.3, 0.4) is 0 Å². The van der Waals surface area contributed by atoms with Crippen molar-refractivity contribution in [2.45, 2.75) is 20.4 Å². The molecule has 0 bridgehead atoms. The molecule has 0 radical (unpaired) electrons. The predicted molar refractivity (Wildman–Crippen MR) is 113 cm³/mol. The molecule has 2 rings (SSSR count). The molecule has 0 spiro atoms. The molecule has 10 heteroatoms. The van der Waals surface area contributed by atoms with Gasteiger partial charge in [-0.25, -0.2) is 13.2 Å². The molecule has 2 amide bonds. The number of rotatable bonds is 11. The lowest BCUT2D eigenvalue weighted by Crippen LogP contribution is -2.40. The average molecular weight is 453 g/mol. The zero-order chi connectivity index (χ0) is 23.7. The van der Waals surface area contributed by atoms with Gasteiger partial charge in [0.15, 0.2) is 29.0 Å². The van der Waals surface area contributed by atoms with Crippen LogP contribution in [0.15, 0.2) is 30.3 Å². The number of hydrogen-bond donors (Lipinski definition) is 2. The fourth-order valence-electron chi connectivity index (χ4n) is 2.88. The van der Waals surface area contributed by atoms with E-state index < -0.39 is 41.5 Å². The lowest BCUT2D eigenvalue weighted by Gasteiger charge is -2.20. The van der Waals surface area contributed by atoms with E-state index in [1.807, 2.05) is 30.9 Å². The van der Waals surface area contributed by atoms with Crippen molar-refractivity contribution in [3.63, 3.8) is 0 Å². The van der Waals surface area contributed by atoms with E-state index in [4.69, 9.17) is 9.47 Å². The van der Waals surface area contributed by atoms with Gasteiger partial charge < -0.3 is 20.1 Å². The number of halogens is 3. The molecule has 0 saturated carbocycles. The standard InChI is InChI=1S/C22H26F3N3O4/c1-4-28(12-14-6-9-17(32-5-2)18(10-14)31-3)13-20(30)26-11-19(29)27-16-8-7-15(23)21(24)22(16)25/h6-10H,4-5,11-13H2,1-3H3,(H,26,30)(H,27,29). The number of amides is 2. The van der Waals surface area contributed by atoms with E-state index in [1.165, 1.54) is 0 Å². The monoisotopic (exact) mass is 453 g/mol. The Bertz CT molecular complexity index is 956. The Morgan fingerprint density at radius 3 is 2.41 bits per heavy atom. The molecule has 32 heavy (non-hydrogen) atoms. The largest absolute Gasteiger partial charge is 0.493 e. The SMILES string of the molecule is CCOc1ccc(CN(CC)CC(=O)NCC(=O)Nc2ccc(F)c(F)c2F)cc1OC. The number of hydrogen-bond acceptors (Lipinski definition) is 5. The zero-order valence-corrected chi connectivity index (χ0v) is 18.1. The van der Waals surface area contributed by atoms with Gasteiger partial charge in [0.2, 0.25) is 11.8 Å². The third kappa shape index (κ3) is 6.88. The maximum atomic E-state index is 13.6. The van der Waals surface area contributed by atoms with E-state index >= 15 is 0 Å². The summed E-state index contributed by atoms with van der Waals surface area (Å²) in [7, 11) is 1.55. The highest BCUT2D eigenvalue weighted by Gasteiger charge is 2.16. The maximum absolute atomic E-state index is 13.6. The van der Waals surface area contributed by atoms with Crippen molar-refractivity contribution in [3.05, 3.63) is 53.3 Å². The van der Waals surface area contributed by atoms with Crippen LogP contribution in [0.4, 0.5) is 18.9 Å². The fraction of sp³-hybridized carbons (Fsp3) is 0.364. The Hall–Kier alpha value is -3.27. The van der Waals surface area contributed by atoms with Gasteiger partial charge in [0.05, 0.1) is 32.5 Å². The number of carbonyl (C=O) groups excluding carboxylic acids is 2.